The molecule has 1 aromatic heterocycles. The van der Waals surface area contributed by atoms with Gasteiger partial charge in [-0.25, -0.2) is 4.79 Å². The Morgan fingerprint density at radius 2 is 1.92 bits per heavy atom. The lowest BCUT2D eigenvalue weighted by Gasteiger charge is -2.07. The zero-order valence-electron chi connectivity index (χ0n) is 13.9. The Balaban J connectivity index is 1.80. The van der Waals surface area contributed by atoms with Crippen molar-refractivity contribution in [3.8, 4) is 5.69 Å². The Hall–Kier alpha value is -3.48. The van der Waals surface area contributed by atoms with Crippen LogP contribution < -0.4 is 5.32 Å². The van der Waals surface area contributed by atoms with Crippen LogP contribution in [0.1, 0.15) is 21.7 Å². The number of benzene rings is 2. The van der Waals surface area contributed by atoms with Crippen LogP contribution in [0.3, 0.4) is 0 Å². The summed E-state index contributed by atoms with van der Waals surface area (Å²) < 4.78 is 6.41. The number of anilines is 1. The van der Waals surface area contributed by atoms with E-state index in [0.29, 0.717) is 17.1 Å². The number of hydrogen-bond acceptors (Lipinski definition) is 6. The van der Waals surface area contributed by atoms with Crippen molar-refractivity contribution in [2.45, 2.75) is 6.92 Å². The van der Waals surface area contributed by atoms with Gasteiger partial charge in [-0.05, 0) is 41.6 Å². The third-order valence-electron chi connectivity index (χ3n) is 3.58. The van der Waals surface area contributed by atoms with Gasteiger partial charge in [0.15, 0.2) is 5.82 Å². The van der Waals surface area contributed by atoms with E-state index in [4.69, 9.17) is 4.74 Å². The van der Waals surface area contributed by atoms with E-state index in [1.165, 1.54) is 7.11 Å². The number of para-hydroxylation sites is 1. The molecule has 0 amide bonds. The predicted molar refractivity (Wildman–Crippen MR) is 94.3 cm³/mol. The summed E-state index contributed by atoms with van der Waals surface area (Å²) in [6, 6.07) is 15.0. The van der Waals surface area contributed by atoms with E-state index in [0.717, 1.165) is 11.3 Å². The minimum atomic E-state index is -0.402. The molecule has 0 radical (unpaired) electrons. The fourth-order valence-corrected chi connectivity index (χ4v) is 2.27. The lowest BCUT2D eigenvalue weighted by molar-refractivity contribution is 0.0602. The van der Waals surface area contributed by atoms with Gasteiger partial charge in [-0.1, -0.05) is 29.8 Å². The molecule has 0 saturated heterocycles. The SMILES string of the molecule is COC(=O)c1ccccc1NC=Cc1nnnn1-c1ccc(C)cc1. The largest absolute Gasteiger partial charge is 0.465 e. The van der Waals surface area contributed by atoms with E-state index in [2.05, 4.69) is 20.8 Å². The fourth-order valence-electron chi connectivity index (χ4n) is 2.27. The number of nitrogens with one attached hydrogen (secondary N) is 1. The van der Waals surface area contributed by atoms with E-state index < -0.39 is 5.97 Å². The van der Waals surface area contributed by atoms with Crippen molar-refractivity contribution in [2.24, 2.45) is 0 Å². The maximum atomic E-state index is 11.8. The number of hydrogen-bond donors (Lipinski definition) is 1. The van der Waals surface area contributed by atoms with Crippen molar-refractivity contribution >= 4 is 17.7 Å². The highest BCUT2D eigenvalue weighted by Gasteiger charge is 2.10. The summed E-state index contributed by atoms with van der Waals surface area (Å²) in [5, 5.41) is 14.8. The molecule has 0 spiro atoms. The number of ether oxygens (including phenoxy) is 1. The number of nitrogens with zero attached hydrogens (tertiary/aromatic N) is 4. The second-order valence-corrected chi connectivity index (χ2v) is 5.30. The number of carbonyl (C=O) groups is 1. The molecule has 126 valence electrons. The van der Waals surface area contributed by atoms with Gasteiger partial charge in [0.2, 0.25) is 0 Å². The van der Waals surface area contributed by atoms with Crippen molar-refractivity contribution in [3.05, 3.63) is 71.7 Å². The first-order chi connectivity index (χ1) is 12.2. The first kappa shape index (κ1) is 16.4. The zero-order chi connectivity index (χ0) is 17.6. The molecule has 0 unspecified atom stereocenters. The van der Waals surface area contributed by atoms with Crippen molar-refractivity contribution in [3.63, 3.8) is 0 Å². The first-order valence-corrected chi connectivity index (χ1v) is 7.65. The summed E-state index contributed by atoms with van der Waals surface area (Å²) in [6.07, 6.45) is 3.41. The molecule has 0 aliphatic carbocycles. The molecule has 0 aliphatic rings. The average Bonchev–Trinajstić information content (AvgIpc) is 3.10. The molecule has 0 atom stereocenters. The number of aryl methyl sites for hydroxylation is 1. The van der Waals surface area contributed by atoms with E-state index in [1.807, 2.05) is 37.3 Å². The molecule has 0 fully saturated rings. The number of carbonyl (C=O) groups excluding carboxylic acids is 1. The van der Waals surface area contributed by atoms with Crippen LogP contribution in [0, 0.1) is 6.92 Å². The minimum Gasteiger partial charge on any atom is -0.465 e. The number of rotatable bonds is 5. The highest BCUT2D eigenvalue weighted by molar-refractivity contribution is 5.95. The van der Waals surface area contributed by atoms with Crippen LogP contribution in [-0.4, -0.2) is 33.3 Å². The van der Waals surface area contributed by atoms with Gasteiger partial charge in [0, 0.05) is 12.3 Å². The van der Waals surface area contributed by atoms with Crippen LogP contribution in [0.5, 0.6) is 0 Å². The van der Waals surface area contributed by atoms with Gasteiger partial charge in [-0.2, -0.15) is 4.68 Å². The van der Waals surface area contributed by atoms with Crippen molar-refractivity contribution in [1.29, 1.82) is 0 Å². The van der Waals surface area contributed by atoms with E-state index in [1.54, 1.807) is 35.2 Å². The second kappa shape index (κ2) is 7.39. The van der Waals surface area contributed by atoms with Gasteiger partial charge < -0.3 is 10.1 Å². The van der Waals surface area contributed by atoms with Gasteiger partial charge in [-0.3, -0.25) is 0 Å². The number of methoxy groups -OCH3 is 1. The molecule has 25 heavy (non-hydrogen) atoms. The lowest BCUT2D eigenvalue weighted by atomic mass is 10.2. The van der Waals surface area contributed by atoms with Crippen LogP contribution in [0.25, 0.3) is 11.8 Å². The minimum absolute atomic E-state index is 0.402. The number of tetrazole rings is 1. The van der Waals surface area contributed by atoms with Crippen LogP contribution in [0.15, 0.2) is 54.7 Å². The third-order valence-corrected chi connectivity index (χ3v) is 3.58. The van der Waals surface area contributed by atoms with Gasteiger partial charge >= 0.3 is 5.97 Å². The molecule has 2 aromatic carbocycles. The lowest BCUT2D eigenvalue weighted by Crippen LogP contribution is -2.05. The van der Waals surface area contributed by atoms with Crippen molar-refractivity contribution < 1.29 is 9.53 Å². The molecule has 1 heterocycles. The molecular weight excluding hydrogens is 318 g/mol. The summed E-state index contributed by atoms with van der Waals surface area (Å²) in [6.45, 7) is 2.02. The van der Waals surface area contributed by atoms with E-state index in [9.17, 15) is 4.79 Å². The van der Waals surface area contributed by atoms with Gasteiger partial charge in [0.1, 0.15) is 0 Å². The monoisotopic (exact) mass is 335 g/mol. The standard InChI is InChI=1S/C18H17N5O2/c1-13-7-9-14(10-8-13)23-17(20-21-22-23)11-12-19-16-6-4-3-5-15(16)18(24)25-2/h3-12,19H,1-2H3. The van der Waals surface area contributed by atoms with Crippen LogP contribution in [0.2, 0.25) is 0 Å². The highest BCUT2D eigenvalue weighted by Crippen LogP contribution is 2.16. The van der Waals surface area contributed by atoms with Gasteiger partial charge in [0.25, 0.3) is 0 Å². The second-order valence-electron chi connectivity index (χ2n) is 5.30. The van der Waals surface area contributed by atoms with Crippen LogP contribution in [-0.2, 0) is 4.74 Å². The molecule has 0 bridgehead atoms. The maximum absolute atomic E-state index is 11.8. The summed E-state index contributed by atoms with van der Waals surface area (Å²) >= 11 is 0. The molecule has 0 saturated carbocycles. The number of aromatic nitrogens is 4. The summed E-state index contributed by atoms with van der Waals surface area (Å²) in [5.74, 6) is 0.160. The molecule has 1 N–H and O–H groups in total. The Bertz CT molecular complexity index is 900. The summed E-state index contributed by atoms with van der Waals surface area (Å²) in [7, 11) is 1.35. The molecule has 7 heteroatoms. The Morgan fingerprint density at radius 1 is 1.16 bits per heavy atom. The Labute approximate surface area is 144 Å². The summed E-state index contributed by atoms with van der Waals surface area (Å²) in [4.78, 5) is 11.8. The molecule has 3 rings (SSSR count). The topological polar surface area (TPSA) is 81.9 Å². The van der Waals surface area contributed by atoms with Crippen LogP contribution in [0.4, 0.5) is 5.69 Å². The van der Waals surface area contributed by atoms with Crippen LogP contribution >= 0.6 is 0 Å². The normalized spacial score (nSPS) is 10.8. The van der Waals surface area contributed by atoms with E-state index >= 15 is 0 Å². The smallest absolute Gasteiger partial charge is 0.339 e. The number of esters is 1. The van der Waals surface area contributed by atoms with Gasteiger partial charge in [-0.15, -0.1) is 5.10 Å². The van der Waals surface area contributed by atoms with E-state index in [-0.39, 0.29) is 0 Å². The quantitative estimate of drug-likeness (QED) is 0.722. The average molecular weight is 335 g/mol. The first-order valence-electron chi connectivity index (χ1n) is 7.65. The maximum Gasteiger partial charge on any atom is 0.339 e. The Kier molecular flexibility index (Phi) is 4.84. The highest BCUT2D eigenvalue weighted by atomic mass is 16.5. The van der Waals surface area contributed by atoms with Crippen molar-refractivity contribution in [1.82, 2.24) is 20.2 Å². The molecule has 7 nitrogen and oxygen atoms in total. The molecule has 3 aromatic rings. The Morgan fingerprint density at radius 3 is 2.68 bits per heavy atom. The fraction of sp³-hybridized carbons (Fsp3) is 0.111. The predicted octanol–water partition coefficient (Wildman–Crippen LogP) is 2.84. The molecular formula is C18H17N5O2. The zero-order valence-corrected chi connectivity index (χ0v) is 13.9. The molecule has 0 aliphatic heterocycles. The third kappa shape index (κ3) is 3.72. The summed E-state index contributed by atoms with van der Waals surface area (Å²) in [5.41, 5.74) is 3.12. The van der Waals surface area contributed by atoms with Gasteiger partial charge in [0.05, 0.1) is 24.0 Å². The van der Waals surface area contributed by atoms with Crippen molar-refractivity contribution in [2.75, 3.05) is 12.4 Å².